The van der Waals surface area contributed by atoms with E-state index in [0.717, 1.165) is 30.7 Å². The fraction of sp³-hybridized carbons (Fsp3) is 0.357. The van der Waals surface area contributed by atoms with Crippen LogP contribution in [0.3, 0.4) is 0 Å². The lowest BCUT2D eigenvalue weighted by molar-refractivity contribution is -0.120. The summed E-state index contributed by atoms with van der Waals surface area (Å²) in [5.41, 5.74) is 0.824. The number of hydrogen-bond donors (Lipinski definition) is 1. The highest BCUT2D eigenvalue weighted by Gasteiger charge is 2.18. The van der Waals surface area contributed by atoms with Crippen molar-refractivity contribution in [2.45, 2.75) is 19.3 Å². The van der Waals surface area contributed by atoms with Crippen LogP contribution in [-0.4, -0.2) is 13.0 Å². The van der Waals surface area contributed by atoms with Crippen molar-refractivity contribution in [2.24, 2.45) is 5.92 Å². The number of methoxy groups -OCH3 is 1. The van der Waals surface area contributed by atoms with Crippen molar-refractivity contribution in [2.75, 3.05) is 12.4 Å². The lowest BCUT2D eigenvalue weighted by atomic mass is 9.93. The molecule has 3 heteroatoms. The minimum atomic E-state index is 0.111. The summed E-state index contributed by atoms with van der Waals surface area (Å²) in [4.78, 5) is 11.9. The highest BCUT2D eigenvalue weighted by Crippen LogP contribution is 2.21. The van der Waals surface area contributed by atoms with E-state index < -0.39 is 0 Å². The Kier molecular flexibility index (Phi) is 3.81. The molecule has 0 unspecified atom stereocenters. The topological polar surface area (TPSA) is 38.3 Å². The molecular weight excluding hydrogens is 214 g/mol. The zero-order chi connectivity index (χ0) is 12.1. The lowest BCUT2D eigenvalue weighted by Gasteiger charge is -2.17. The molecule has 1 amide bonds. The van der Waals surface area contributed by atoms with Gasteiger partial charge in [-0.2, -0.15) is 0 Å². The van der Waals surface area contributed by atoms with Gasteiger partial charge in [0.25, 0.3) is 0 Å². The Morgan fingerprint density at radius 1 is 1.29 bits per heavy atom. The fourth-order valence-corrected chi connectivity index (χ4v) is 1.95. The van der Waals surface area contributed by atoms with Crippen molar-refractivity contribution in [1.29, 1.82) is 0 Å². The summed E-state index contributed by atoms with van der Waals surface area (Å²) >= 11 is 0. The Morgan fingerprint density at radius 3 is 2.65 bits per heavy atom. The molecule has 1 N–H and O–H groups in total. The highest BCUT2D eigenvalue weighted by atomic mass is 16.5. The summed E-state index contributed by atoms with van der Waals surface area (Å²) in [5, 5.41) is 2.93. The van der Waals surface area contributed by atoms with Gasteiger partial charge in [0, 0.05) is 11.6 Å². The number of ether oxygens (including phenoxy) is 1. The van der Waals surface area contributed by atoms with Crippen LogP contribution in [-0.2, 0) is 4.79 Å². The van der Waals surface area contributed by atoms with Gasteiger partial charge < -0.3 is 10.1 Å². The number of nitrogens with one attached hydrogen (secondary N) is 1. The molecule has 1 atom stereocenters. The summed E-state index contributed by atoms with van der Waals surface area (Å²) in [5.74, 6) is 1.02. The van der Waals surface area contributed by atoms with Crippen molar-refractivity contribution < 1.29 is 9.53 Å². The van der Waals surface area contributed by atoms with Gasteiger partial charge in [0.1, 0.15) is 5.75 Å². The first kappa shape index (κ1) is 11.7. The molecule has 1 aromatic rings. The molecular formula is C14H17NO2. The Morgan fingerprint density at radius 2 is 2.06 bits per heavy atom. The molecule has 90 valence electrons. The zero-order valence-corrected chi connectivity index (χ0v) is 9.98. The van der Waals surface area contributed by atoms with Gasteiger partial charge in [0.2, 0.25) is 5.91 Å². The van der Waals surface area contributed by atoms with E-state index in [1.54, 1.807) is 7.11 Å². The fourth-order valence-electron chi connectivity index (χ4n) is 1.95. The van der Waals surface area contributed by atoms with Gasteiger partial charge in [-0.3, -0.25) is 4.79 Å². The summed E-state index contributed by atoms with van der Waals surface area (Å²) in [6.45, 7) is 0. The van der Waals surface area contributed by atoms with Crippen LogP contribution in [0.4, 0.5) is 5.69 Å². The minimum Gasteiger partial charge on any atom is -0.497 e. The van der Waals surface area contributed by atoms with E-state index in [0.29, 0.717) is 0 Å². The number of rotatable bonds is 3. The summed E-state index contributed by atoms with van der Waals surface area (Å²) in [6.07, 6.45) is 7.01. The van der Waals surface area contributed by atoms with E-state index in [9.17, 15) is 4.79 Å². The second-order valence-corrected chi connectivity index (χ2v) is 4.20. The van der Waals surface area contributed by atoms with Crippen LogP contribution in [0, 0.1) is 5.92 Å². The van der Waals surface area contributed by atoms with E-state index in [-0.39, 0.29) is 11.8 Å². The number of carbonyl (C=O) groups is 1. The van der Waals surface area contributed by atoms with E-state index in [1.807, 2.05) is 24.3 Å². The van der Waals surface area contributed by atoms with Crippen molar-refractivity contribution in [3.63, 3.8) is 0 Å². The van der Waals surface area contributed by atoms with Crippen molar-refractivity contribution in [3.8, 4) is 5.75 Å². The van der Waals surface area contributed by atoms with Gasteiger partial charge in [-0.1, -0.05) is 12.2 Å². The quantitative estimate of drug-likeness (QED) is 0.812. The molecule has 1 aliphatic rings. The molecule has 0 bridgehead atoms. The number of anilines is 1. The number of allylic oxidation sites excluding steroid dienone is 2. The number of benzene rings is 1. The molecule has 0 aromatic heterocycles. The van der Waals surface area contributed by atoms with Crippen LogP contribution in [0.2, 0.25) is 0 Å². The van der Waals surface area contributed by atoms with Crippen LogP contribution >= 0.6 is 0 Å². The van der Waals surface area contributed by atoms with Crippen molar-refractivity contribution in [1.82, 2.24) is 0 Å². The lowest BCUT2D eigenvalue weighted by Crippen LogP contribution is -2.23. The van der Waals surface area contributed by atoms with Crippen LogP contribution in [0.15, 0.2) is 36.4 Å². The molecule has 17 heavy (non-hydrogen) atoms. The summed E-state index contributed by atoms with van der Waals surface area (Å²) < 4.78 is 5.07. The molecule has 0 radical (unpaired) electrons. The van der Waals surface area contributed by atoms with E-state index >= 15 is 0 Å². The second-order valence-electron chi connectivity index (χ2n) is 4.20. The third kappa shape index (κ3) is 3.09. The SMILES string of the molecule is COc1ccc(NC(=O)[C@@H]2CC=CCC2)cc1. The number of amides is 1. The second kappa shape index (κ2) is 5.53. The molecule has 2 rings (SSSR count). The highest BCUT2D eigenvalue weighted by molar-refractivity contribution is 5.92. The van der Waals surface area contributed by atoms with Crippen LogP contribution in [0.1, 0.15) is 19.3 Å². The molecule has 0 saturated carbocycles. The molecule has 0 aliphatic heterocycles. The predicted molar refractivity (Wildman–Crippen MR) is 68.1 cm³/mol. The summed E-state index contributed by atoms with van der Waals surface area (Å²) in [6, 6.07) is 7.40. The third-order valence-electron chi connectivity index (χ3n) is 3.00. The van der Waals surface area contributed by atoms with E-state index in [4.69, 9.17) is 4.74 Å². The van der Waals surface area contributed by atoms with Crippen molar-refractivity contribution in [3.05, 3.63) is 36.4 Å². The van der Waals surface area contributed by atoms with E-state index in [2.05, 4.69) is 17.5 Å². The first-order valence-electron chi connectivity index (χ1n) is 5.89. The Labute approximate surface area is 101 Å². The molecule has 1 aliphatic carbocycles. The Hall–Kier alpha value is -1.77. The van der Waals surface area contributed by atoms with Crippen LogP contribution in [0.25, 0.3) is 0 Å². The third-order valence-corrected chi connectivity index (χ3v) is 3.00. The molecule has 1 aromatic carbocycles. The first-order chi connectivity index (χ1) is 8.29. The minimum absolute atomic E-state index is 0.111. The smallest absolute Gasteiger partial charge is 0.227 e. The monoisotopic (exact) mass is 231 g/mol. The maximum absolute atomic E-state index is 11.9. The maximum atomic E-state index is 11.9. The van der Waals surface area contributed by atoms with Gasteiger partial charge in [-0.15, -0.1) is 0 Å². The largest absolute Gasteiger partial charge is 0.497 e. The van der Waals surface area contributed by atoms with Gasteiger partial charge in [-0.05, 0) is 43.5 Å². The Balaban J connectivity index is 1.95. The average Bonchev–Trinajstić information content (AvgIpc) is 2.40. The summed E-state index contributed by atoms with van der Waals surface area (Å²) in [7, 11) is 1.63. The standard InChI is InChI=1S/C14H17NO2/c1-17-13-9-7-12(8-10-13)15-14(16)11-5-3-2-4-6-11/h2-3,7-11H,4-6H2,1H3,(H,15,16)/t11-/m1/s1. The average molecular weight is 231 g/mol. The molecule has 0 heterocycles. The molecule has 0 saturated heterocycles. The van der Waals surface area contributed by atoms with Gasteiger partial charge in [-0.25, -0.2) is 0 Å². The number of carbonyl (C=O) groups excluding carboxylic acids is 1. The predicted octanol–water partition coefficient (Wildman–Crippen LogP) is 2.99. The molecule has 3 nitrogen and oxygen atoms in total. The zero-order valence-electron chi connectivity index (χ0n) is 9.98. The molecule has 0 spiro atoms. The Bertz CT molecular complexity index is 409. The van der Waals surface area contributed by atoms with E-state index in [1.165, 1.54) is 0 Å². The maximum Gasteiger partial charge on any atom is 0.227 e. The van der Waals surface area contributed by atoms with Gasteiger partial charge in [0.15, 0.2) is 0 Å². The van der Waals surface area contributed by atoms with Crippen LogP contribution < -0.4 is 10.1 Å². The van der Waals surface area contributed by atoms with Gasteiger partial charge >= 0.3 is 0 Å². The first-order valence-corrected chi connectivity index (χ1v) is 5.89. The van der Waals surface area contributed by atoms with Crippen LogP contribution in [0.5, 0.6) is 5.75 Å². The number of hydrogen-bond acceptors (Lipinski definition) is 2. The normalized spacial score (nSPS) is 18.8. The molecule has 0 fully saturated rings. The van der Waals surface area contributed by atoms with Crippen molar-refractivity contribution >= 4 is 11.6 Å². The van der Waals surface area contributed by atoms with Gasteiger partial charge in [0.05, 0.1) is 7.11 Å².